The molecule has 186 valence electrons. The van der Waals surface area contributed by atoms with Gasteiger partial charge >= 0.3 is 12.4 Å². The summed E-state index contributed by atoms with van der Waals surface area (Å²) in [5.41, 5.74) is -1.57. The van der Waals surface area contributed by atoms with Crippen molar-refractivity contribution in [1.82, 2.24) is 0 Å². The Bertz CT molecular complexity index is 1210. The van der Waals surface area contributed by atoms with Gasteiger partial charge in [0.25, 0.3) is 0 Å². The second kappa shape index (κ2) is 10.2. The second-order valence-corrected chi connectivity index (χ2v) is 8.13. The lowest BCUT2D eigenvalue weighted by Gasteiger charge is -2.19. The Morgan fingerprint density at radius 3 is 2.03 bits per heavy atom. The molecule has 0 aromatic heterocycles. The monoisotopic (exact) mass is 516 g/mol. The highest BCUT2D eigenvalue weighted by Gasteiger charge is 2.32. The zero-order valence-corrected chi connectivity index (χ0v) is 19.1. The van der Waals surface area contributed by atoms with Crippen LogP contribution in [0.5, 0.6) is 17.2 Å². The molecule has 0 aliphatic heterocycles. The predicted molar refractivity (Wildman–Crippen MR) is 118 cm³/mol. The van der Waals surface area contributed by atoms with Crippen LogP contribution in [-0.2, 0) is 17.1 Å². The summed E-state index contributed by atoms with van der Waals surface area (Å²) >= 11 is 5.91. The zero-order valence-electron chi connectivity index (χ0n) is 18.4. The van der Waals surface area contributed by atoms with Crippen molar-refractivity contribution in [2.45, 2.75) is 38.2 Å². The predicted octanol–water partition coefficient (Wildman–Crippen LogP) is 8.31. The Labute approximate surface area is 202 Å². The number of benzene rings is 3. The van der Waals surface area contributed by atoms with Crippen LogP contribution in [0.25, 0.3) is 0 Å². The molecular formula is C25H19ClF6O3. The van der Waals surface area contributed by atoms with Gasteiger partial charge in [0.2, 0.25) is 0 Å². The van der Waals surface area contributed by atoms with Crippen LogP contribution < -0.4 is 9.47 Å². The molecule has 3 aromatic carbocycles. The topological polar surface area (TPSA) is 35.5 Å². The fraction of sp³-hybridized carbons (Fsp3) is 0.240. The highest BCUT2D eigenvalue weighted by Crippen LogP contribution is 2.37. The largest absolute Gasteiger partial charge is 0.483 e. The van der Waals surface area contributed by atoms with Crippen molar-refractivity contribution >= 4 is 17.4 Å². The van der Waals surface area contributed by atoms with Gasteiger partial charge in [-0.1, -0.05) is 42.8 Å². The third kappa shape index (κ3) is 6.69. The first-order valence-corrected chi connectivity index (χ1v) is 10.7. The standard InChI is InChI=1S/C25H19ClF6O3/c1-14(16-5-3-6-17(11-16)24(27,28)29)23(33)15(2)34-19-7-4-8-20(13-19)35-22-10-9-18(12-21(22)26)25(30,31)32/h3-15H,1-2H3. The van der Waals surface area contributed by atoms with E-state index in [4.69, 9.17) is 21.1 Å². The number of carbonyl (C=O) groups is 1. The maximum absolute atomic E-state index is 13.0. The summed E-state index contributed by atoms with van der Waals surface area (Å²) in [4.78, 5) is 12.8. The summed E-state index contributed by atoms with van der Waals surface area (Å²) in [5, 5.41) is -0.246. The fourth-order valence-electron chi connectivity index (χ4n) is 3.26. The Hall–Kier alpha value is -3.20. The summed E-state index contributed by atoms with van der Waals surface area (Å²) < 4.78 is 88.6. The normalized spacial score (nSPS) is 13.7. The van der Waals surface area contributed by atoms with E-state index in [1.54, 1.807) is 0 Å². The lowest BCUT2D eigenvalue weighted by atomic mass is 9.92. The summed E-state index contributed by atoms with van der Waals surface area (Å²) in [6.45, 7) is 2.95. The van der Waals surface area contributed by atoms with Crippen molar-refractivity contribution in [3.05, 3.63) is 88.4 Å². The molecule has 2 atom stereocenters. The van der Waals surface area contributed by atoms with Gasteiger partial charge in [0.05, 0.1) is 16.1 Å². The Morgan fingerprint density at radius 1 is 0.800 bits per heavy atom. The number of halogens is 7. The quantitative estimate of drug-likeness (QED) is 0.296. The van der Waals surface area contributed by atoms with E-state index in [2.05, 4.69) is 0 Å². The minimum Gasteiger partial charge on any atom is -0.483 e. The maximum Gasteiger partial charge on any atom is 0.416 e. The minimum atomic E-state index is -4.55. The molecule has 3 rings (SSSR count). The van der Waals surface area contributed by atoms with Gasteiger partial charge in [-0.05, 0) is 48.9 Å². The molecule has 3 nitrogen and oxygen atoms in total. The summed E-state index contributed by atoms with van der Waals surface area (Å²) in [6, 6.07) is 13.2. The van der Waals surface area contributed by atoms with Gasteiger partial charge in [0, 0.05) is 12.0 Å². The van der Waals surface area contributed by atoms with E-state index in [0.717, 1.165) is 30.3 Å². The number of hydrogen-bond donors (Lipinski definition) is 0. The lowest BCUT2D eigenvalue weighted by Crippen LogP contribution is -2.28. The molecule has 0 aliphatic rings. The molecular weight excluding hydrogens is 498 g/mol. The number of ketones is 1. The molecule has 0 heterocycles. The van der Waals surface area contributed by atoms with Gasteiger partial charge in [-0.25, -0.2) is 0 Å². The number of alkyl halides is 6. The smallest absolute Gasteiger partial charge is 0.416 e. The van der Waals surface area contributed by atoms with E-state index < -0.39 is 41.3 Å². The molecule has 3 aromatic rings. The fourth-order valence-corrected chi connectivity index (χ4v) is 3.48. The van der Waals surface area contributed by atoms with Gasteiger partial charge < -0.3 is 9.47 Å². The van der Waals surface area contributed by atoms with Crippen LogP contribution in [0, 0.1) is 0 Å². The third-order valence-corrected chi connectivity index (χ3v) is 5.44. The van der Waals surface area contributed by atoms with Gasteiger partial charge in [0.1, 0.15) is 17.2 Å². The summed E-state index contributed by atoms with van der Waals surface area (Å²) in [7, 11) is 0. The first kappa shape index (κ1) is 26.4. The van der Waals surface area contributed by atoms with Crippen LogP contribution in [-0.4, -0.2) is 11.9 Å². The van der Waals surface area contributed by atoms with Crippen LogP contribution in [0.2, 0.25) is 5.02 Å². The summed E-state index contributed by atoms with van der Waals surface area (Å²) in [6.07, 6.45) is -10.1. The highest BCUT2D eigenvalue weighted by atomic mass is 35.5. The van der Waals surface area contributed by atoms with Crippen molar-refractivity contribution < 1.29 is 40.6 Å². The van der Waals surface area contributed by atoms with Gasteiger partial charge in [-0.15, -0.1) is 0 Å². The maximum atomic E-state index is 13.0. The lowest BCUT2D eigenvalue weighted by molar-refractivity contribution is -0.138. The molecule has 0 radical (unpaired) electrons. The Morgan fingerprint density at radius 2 is 1.40 bits per heavy atom. The number of rotatable bonds is 7. The molecule has 10 heteroatoms. The van der Waals surface area contributed by atoms with E-state index in [1.807, 2.05) is 0 Å². The van der Waals surface area contributed by atoms with Crippen molar-refractivity contribution in [2.75, 3.05) is 0 Å². The molecule has 0 N–H and O–H groups in total. The molecule has 0 aliphatic carbocycles. The van der Waals surface area contributed by atoms with Gasteiger partial charge in [-0.3, -0.25) is 4.79 Å². The summed E-state index contributed by atoms with van der Waals surface area (Å²) in [5.74, 6) is -0.921. The molecule has 0 saturated heterocycles. The molecule has 2 unspecified atom stereocenters. The van der Waals surface area contributed by atoms with Gasteiger partial charge in [-0.2, -0.15) is 26.3 Å². The Balaban J connectivity index is 1.71. The number of ether oxygens (including phenoxy) is 2. The molecule has 0 spiro atoms. The Kier molecular flexibility index (Phi) is 7.69. The first-order chi connectivity index (χ1) is 16.3. The minimum absolute atomic E-state index is 0.0147. The SMILES string of the molecule is CC(Oc1cccc(Oc2ccc(C(F)(F)F)cc2Cl)c1)C(=O)C(C)c1cccc(C(F)(F)F)c1. The average molecular weight is 517 g/mol. The van der Waals surface area contributed by atoms with Crippen LogP contribution in [0.1, 0.15) is 36.5 Å². The van der Waals surface area contributed by atoms with E-state index in [0.29, 0.717) is 0 Å². The molecule has 0 saturated carbocycles. The van der Waals surface area contributed by atoms with Crippen molar-refractivity contribution in [2.24, 2.45) is 0 Å². The van der Waals surface area contributed by atoms with Crippen molar-refractivity contribution in [3.8, 4) is 17.2 Å². The zero-order chi connectivity index (χ0) is 26.0. The van der Waals surface area contributed by atoms with Crippen LogP contribution in [0.4, 0.5) is 26.3 Å². The van der Waals surface area contributed by atoms with Crippen molar-refractivity contribution in [3.63, 3.8) is 0 Å². The van der Waals surface area contributed by atoms with Crippen molar-refractivity contribution in [1.29, 1.82) is 0 Å². The highest BCUT2D eigenvalue weighted by molar-refractivity contribution is 6.32. The van der Waals surface area contributed by atoms with E-state index in [9.17, 15) is 31.1 Å². The molecule has 0 bridgehead atoms. The third-order valence-electron chi connectivity index (χ3n) is 5.15. The molecule has 0 amide bonds. The van der Waals surface area contributed by atoms with Gasteiger partial charge in [0.15, 0.2) is 11.9 Å². The van der Waals surface area contributed by atoms with E-state index >= 15 is 0 Å². The van der Waals surface area contributed by atoms with Crippen LogP contribution in [0.15, 0.2) is 66.7 Å². The number of hydrogen-bond acceptors (Lipinski definition) is 3. The van der Waals surface area contributed by atoms with E-state index in [-0.39, 0.29) is 27.8 Å². The molecule has 0 fully saturated rings. The van der Waals surface area contributed by atoms with E-state index in [1.165, 1.54) is 50.2 Å². The number of carbonyl (C=O) groups excluding carboxylic acids is 1. The average Bonchev–Trinajstić information content (AvgIpc) is 2.78. The molecule has 35 heavy (non-hydrogen) atoms. The second-order valence-electron chi connectivity index (χ2n) is 7.73. The first-order valence-electron chi connectivity index (χ1n) is 10.3. The van der Waals surface area contributed by atoms with Crippen LogP contribution >= 0.6 is 11.6 Å². The number of Topliss-reactive ketones (excluding diaryl/α,β-unsaturated/α-hetero) is 1. The van der Waals surface area contributed by atoms with Crippen LogP contribution in [0.3, 0.4) is 0 Å².